The third-order valence-corrected chi connectivity index (χ3v) is 5.42. The van der Waals surface area contributed by atoms with Gasteiger partial charge in [0.25, 0.3) is 0 Å². The van der Waals surface area contributed by atoms with E-state index in [4.69, 9.17) is 14.5 Å². The van der Waals surface area contributed by atoms with Crippen LogP contribution < -0.4 is 25.0 Å². The molecule has 0 aliphatic carbocycles. The molecule has 1 saturated heterocycles. The quantitative estimate of drug-likeness (QED) is 0.425. The lowest BCUT2D eigenvalue weighted by Gasteiger charge is -2.20. The molecule has 1 aromatic heterocycles. The van der Waals surface area contributed by atoms with E-state index in [-0.39, 0.29) is 6.04 Å². The van der Waals surface area contributed by atoms with Crippen LogP contribution >= 0.6 is 0 Å². The van der Waals surface area contributed by atoms with Gasteiger partial charge in [-0.2, -0.15) is 0 Å². The molecule has 174 valence electrons. The van der Waals surface area contributed by atoms with Gasteiger partial charge in [0.15, 0.2) is 17.5 Å². The van der Waals surface area contributed by atoms with Gasteiger partial charge in [0, 0.05) is 25.8 Å². The summed E-state index contributed by atoms with van der Waals surface area (Å²) < 4.78 is 11.5. The number of pyridine rings is 1. The highest BCUT2D eigenvalue weighted by atomic mass is 16.5. The normalized spacial score (nSPS) is 14.9. The molecule has 0 amide bonds. The Morgan fingerprint density at radius 3 is 2.47 bits per heavy atom. The highest BCUT2D eigenvalue weighted by Crippen LogP contribution is 2.30. The van der Waals surface area contributed by atoms with E-state index < -0.39 is 0 Å². The summed E-state index contributed by atoms with van der Waals surface area (Å²) in [6.07, 6.45) is 4.44. The van der Waals surface area contributed by atoms with Crippen LogP contribution in [0.15, 0.2) is 41.5 Å². The number of hydrogen-bond acceptors (Lipinski definition) is 5. The predicted molar refractivity (Wildman–Crippen MR) is 131 cm³/mol. The van der Waals surface area contributed by atoms with Gasteiger partial charge in [-0.25, -0.2) is 9.98 Å². The maximum atomic E-state index is 5.78. The molecule has 1 aliphatic rings. The number of hydrogen-bond donors (Lipinski definition) is 2. The molecule has 2 aromatic rings. The third kappa shape index (κ3) is 6.52. The lowest BCUT2D eigenvalue weighted by Crippen LogP contribution is -2.38. The van der Waals surface area contributed by atoms with Crippen LogP contribution in [0, 0.1) is 0 Å². The van der Waals surface area contributed by atoms with Gasteiger partial charge in [-0.05, 0) is 69.9 Å². The number of nitrogens with one attached hydrogen (secondary N) is 2. The Bertz CT molecular complexity index is 863. The van der Waals surface area contributed by atoms with Crippen LogP contribution in [0.5, 0.6) is 11.5 Å². The van der Waals surface area contributed by atoms with Crippen molar-refractivity contribution in [1.82, 2.24) is 15.6 Å². The Hall–Kier alpha value is -2.96. The van der Waals surface area contributed by atoms with Gasteiger partial charge in [-0.15, -0.1) is 0 Å². The summed E-state index contributed by atoms with van der Waals surface area (Å²) in [5.74, 6) is 3.38. The summed E-state index contributed by atoms with van der Waals surface area (Å²) in [7, 11) is 0. The molecule has 1 atom stereocenters. The van der Waals surface area contributed by atoms with Crippen LogP contribution in [0.3, 0.4) is 0 Å². The van der Waals surface area contributed by atoms with Gasteiger partial charge >= 0.3 is 0 Å². The van der Waals surface area contributed by atoms with Crippen LogP contribution in [0.4, 0.5) is 5.82 Å². The van der Waals surface area contributed by atoms with Gasteiger partial charge in [-0.1, -0.05) is 12.1 Å². The van der Waals surface area contributed by atoms with Crippen LogP contribution in [0.25, 0.3) is 0 Å². The second-order valence-electron chi connectivity index (χ2n) is 7.85. The van der Waals surface area contributed by atoms with E-state index in [1.807, 2.05) is 32.2 Å². The van der Waals surface area contributed by atoms with E-state index in [9.17, 15) is 0 Å². The fraction of sp³-hybridized carbons (Fsp3) is 0.520. The van der Waals surface area contributed by atoms with Crippen LogP contribution in [0.2, 0.25) is 0 Å². The van der Waals surface area contributed by atoms with Crippen LogP contribution in [0.1, 0.15) is 57.7 Å². The minimum Gasteiger partial charge on any atom is -0.490 e. The maximum absolute atomic E-state index is 5.78. The summed E-state index contributed by atoms with van der Waals surface area (Å²) in [6, 6.07) is 10.4. The number of guanidine groups is 1. The SMILES string of the molecule is CCNC(=NCc1ccc(N2CCCC2)nc1)NC(C)c1ccc(OCC)c(OCC)c1. The summed E-state index contributed by atoms with van der Waals surface area (Å²) in [5.41, 5.74) is 2.21. The average Bonchev–Trinajstić information content (AvgIpc) is 3.34. The number of aromatic nitrogens is 1. The number of rotatable bonds is 10. The molecule has 0 spiro atoms. The molecule has 1 fully saturated rings. The first kappa shape index (κ1) is 23.7. The summed E-state index contributed by atoms with van der Waals surface area (Å²) in [4.78, 5) is 11.7. The predicted octanol–water partition coefficient (Wildman–Crippen LogP) is 4.30. The molecule has 1 unspecified atom stereocenters. The first-order chi connectivity index (χ1) is 15.6. The van der Waals surface area contributed by atoms with Crippen molar-refractivity contribution >= 4 is 11.8 Å². The van der Waals surface area contributed by atoms with E-state index in [0.717, 1.165) is 54.0 Å². The lowest BCUT2D eigenvalue weighted by molar-refractivity contribution is 0.287. The minimum absolute atomic E-state index is 0.0540. The number of aliphatic imine (C=N–C) groups is 1. The Labute approximate surface area is 192 Å². The van der Waals surface area contributed by atoms with E-state index in [2.05, 4.69) is 52.6 Å². The van der Waals surface area contributed by atoms with Gasteiger partial charge in [0.05, 0.1) is 25.8 Å². The van der Waals surface area contributed by atoms with E-state index in [0.29, 0.717) is 19.8 Å². The molecule has 7 nitrogen and oxygen atoms in total. The van der Waals surface area contributed by atoms with Crippen molar-refractivity contribution in [1.29, 1.82) is 0 Å². The van der Waals surface area contributed by atoms with Gasteiger partial charge in [-0.3, -0.25) is 0 Å². The van der Waals surface area contributed by atoms with Gasteiger partial charge in [0.2, 0.25) is 0 Å². The standard InChI is InChI=1S/C25H37N5O2/c1-5-26-25(28-18-20-10-13-24(27-17-20)30-14-8-9-15-30)29-19(4)21-11-12-22(31-6-2)23(16-21)32-7-3/h10-13,16-17,19H,5-9,14-15,18H2,1-4H3,(H2,26,28,29). The summed E-state index contributed by atoms with van der Waals surface area (Å²) in [5, 5.41) is 6.83. The van der Waals surface area contributed by atoms with Crippen molar-refractivity contribution in [2.75, 3.05) is 37.7 Å². The molecule has 2 heterocycles. The van der Waals surface area contributed by atoms with Crippen molar-refractivity contribution in [3.63, 3.8) is 0 Å². The number of nitrogens with zero attached hydrogens (tertiary/aromatic N) is 3. The molecule has 1 aromatic carbocycles. The van der Waals surface area contributed by atoms with Crippen molar-refractivity contribution in [2.45, 2.75) is 53.1 Å². The van der Waals surface area contributed by atoms with Crippen molar-refractivity contribution in [2.24, 2.45) is 4.99 Å². The molecule has 0 bridgehead atoms. The van der Waals surface area contributed by atoms with E-state index in [1.165, 1.54) is 12.8 Å². The second kappa shape index (κ2) is 12.2. The molecular formula is C25H37N5O2. The molecule has 0 saturated carbocycles. The first-order valence-corrected chi connectivity index (χ1v) is 11.8. The fourth-order valence-corrected chi connectivity index (χ4v) is 3.76. The maximum Gasteiger partial charge on any atom is 0.192 e. The van der Waals surface area contributed by atoms with E-state index >= 15 is 0 Å². The molecule has 7 heteroatoms. The van der Waals surface area contributed by atoms with Crippen molar-refractivity contribution in [3.8, 4) is 11.5 Å². The Balaban J connectivity index is 1.66. The van der Waals surface area contributed by atoms with E-state index in [1.54, 1.807) is 0 Å². The molecule has 0 radical (unpaired) electrons. The molecule has 2 N–H and O–H groups in total. The largest absolute Gasteiger partial charge is 0.490 e. The average molecular weight is 440 g/mol. The van der Waals surface area contributed by atoms with Crippen LogP contribution in [-0.4, -0.2) is 43.8 Å². The molecule has 3 rings (SSSR count). The zero-order valence-corrected chi connectivity index (χ0v) is 19.9. The minimum atomic E-state index is 0.0540. The highest BCUT2D eigenvalue weighted by Gasteiger charge is 2.14. The zero-order valence-electron chi connectivity index (χ0n) is 19.9. The highest BCUT2D eigenvalue weighted by molar-refractivity contribution is 5.80. The molecule has 1 aliphatic heterocycles. The third-order valence-electron chi connectivity index (χ3n) is 5.42. The summed E-state index contributed by atoms with van der Waals surface area (Å²) in [6.45, 7) is 12.9. The first-order valence-electron chi connectivity index (χ1n) is 11.8. The second-order valence-corrected chi connectivity index (χ2v) is 7.85. The zero-order chi connectivity index (χ0) is 22.8. The van der Waals surface area contributed by atoms with Gasteiger partial charge < -0.3 is 25.0 Å². The van der Waals surface area contributed by atoms with Gasteiger partial charge in [0.1, 0.15) is 5.82 Å². The smallest absolute Gasteiger partial charge is 0.192 e. The topological polar surface area (TPSA) is 71.0 Å². The monoisotopic (exact) mass is 439 g/mol. The van der Waals surface area contributed by atoms with Crippen molar-refractivity contribution in [3.05, 3.63) is 47.7 Å². The van der Waals surface area contributed by atoms with Crippen LogP contribution in [-0.2, 0) is 6.54 Å². The number of anilines is 1. The fourth-order valence-electron chi connectivity index (χ4n) is 3.76. The number of ether oxygens (including phenoxy) is 2. The van der Waals surface area contributed by atoms with Crippen molar-refractivity contribution < 1.29 is 9.47 Å². The Morgan fingerprint density at radius 2 is 1.81 bits per heavy atom. The molecule has 32 heavy (non-hydrogen) atoms. The summed E-state index contributed by atoms with van der Waals surface area (Å²) >= 11 is 0. The molecular weight excluding hydrogens is 402 g/mol. The lowest BCUT2D eigenvalue weighted by atomic mass is 10.1. The number of benzene rings is 1. The Morgan fingerprint density at radius 1 is 1.06 bits per heavy atom. The Kier molecular flexibility index (Phi) is 9.01.